The van der Waals surface area contributed by atoms with Gasteiger partial charge in [0.2, 0.25) is 0 Å². The van der Waals surface area contributed by atoms with Crippen molar-refractivity contribution >= 4 is 5.97 Å². The van der Waals surface area contributed by atoms with E-state index in [0.29, 0.717) is 0 Å². The third-order valence-corrected chi connectivity index (χ3v) is 2.73. The molecular weight excluding hydrogens is 269 g/mol. The molecule has 2 nitrogen and oxygen atoms in total. The molecule has 0 amide bonds. The van der Waals surface area contributed by atoms with Crippen LogP contribution in [0.3, 0.4) is 0 Å². The van der Waals surface area contributed by atoms with E-state index >= 15 is 0 Å². The van der Waals surface area contributed by atoms with Crippen molar-refractivity contribution in [1.29, 1.82) is 0 Å². The standard InChI is InChI=1S/C15H19F3O2/c1-10(9-20-13(19)14(2,3)4)11-6-5-7-12(8-11)15(16,17)18/h5-8,10H,9H2,1-4H3/i8D. The number of ether oxygens (including phenoxy) is 1. The van der Waals surface area contributed by atoms with Crippen molar-refractivity contribution in [3.05, 3.63) is 35.4 Å². The Hall–Kier alpha value is -1.52. The van der Waals surface area contributed by atoms with E-state index in [4.69, 9.17) is 6.11 Å². The molecule has 0 radical (unpaired) electrons. The second-order valence-electron chi connectivity index (χ2n) is 5.77. The van der Waals surface area contributed by atoms with Gasteiger partial charge in [-0.2, -0.15) is 13.2 Å². The lowest BCUT2D eigenvalue weighted by atomic mass is 9.97. The highest BCUT2D eigenvalue weighted by atomic mass is 19.4. The Labute approximate surface area is 118 Å². The van der Waals surface area contributed by atoms with Crippen LogP contribution in [0.25, 0.3) is 0 Å². The first-order chi connectivity index (χ1) is 9.44. The number of carbonyl (C=O) groups excluding carboxylic acids is 1. The predicted molar refractivity (Wildman–Crippen MR) is 70.3 cm³/mol. The second-order valence-corrected chi connectivity index (χ2v) is 5.77. The molecule has 1 atom stereocenters. The van der Waals surface area contributed by atoms with Gasteiger partial charge in [0.05, 0.1) is 19.0 Å². The summed E-state index contributed by atoms with van der Waals surface area (Å²) in [6, 6.07) is 3.02. The third kappa shape index (κ3) is 4.54. The van der Waals surface area contributed by atoms with E-state index in [2.05, 4.69) is 0 Å². The molecule has 1 aromatic rings. The van der Waals surface area contributed by atoms with Gasteiger partial charge in [-0.05, 0) is 32.4 Å². The van der Waals surface area contributed by atoms with Crippen molar-refractivity contribution < 1.29 is 24.1 Å². The summed E-state index contributed by atoms with van der Waals surface area (Å²) in [6.45, 7) is 6.66. The number of carbonyl (C=O) groups is 1. The Kier molecular flexibility index (Phi) is 4.35. The fourth-order valence-electron chi connectivity index (χ4n) is 1.45. The number of benzene rings is 1. The molecule has 0 saturated heterocycles. The van der Waals surface area contributed by atoms with Gasteiger partial charge in [-0.3, -0.25) is 4.79 Å². The van der Waals surface area contributed by atoms with Gasteiger partial charge in [-0.1, -0.05) is 25.1 Å². The molecule has 0 spiro atoms. The van der Waals surface area contributed by atoms with Crippen LogP contribution in [0.5, 0.6) is 0 Å². The van der Waals surface area contributed by atoms with Crippen LogP contribution >= 0.6 is 0 Å². The fraction of sp³-hybridized carbons (Fsp3) is 0.533. The molecule has 0 aliphatic rings. The maximum atomic E-state index is 12.8. The zero-order chi connectivity index (χ0) is 16.4. The first-order valence-corrected chi connectivity index (χ1v) is 6.28. The summed E-state index contributed by atoms with van der Waals surface area (Å²) in [4.78, 5) is 11.7. The van der Waals surface area contributed by atoms with E-state index in [-0.39, 0.29) is 12.2 Å². The van der Waals surface area contributed by atoms with E-state index in [9.17, 15) is 18.0 Å². The largest absolute Gasteiger partial charge is 0.465 e. The maximum Gasteiger partial charge on any atom is 0.416 e. The summed E-state index contributed by atoms with van der Waals surface area (Å²) in [6.07, 6.45) is -4.56. The Morgan fingerprint density at radius 3 is 2.45 bits per heavy atom. The van der Waals surface area contributed by atoms with Crippen LogP contribution in [-0.2, 0) is 15.7 Å². The van der Waals surface area contributed by atoms with Crippen molar-refractivity contribution in [3.8, 4) is 0 Å². The van der Waals surface area contributed by atoms with Gasteiger partial charge in [-0.25, -0.2) is 0 Å². The SMILES string of the molecule is [2H]c1c(C(C)COC(=O)C(C)(C)C)cccc1C(F)(F)F. The molecule has 112 valence electrons. The maximum absolute atomic E-state index is 12.8. The monoisotopic (exact) mass is 289 g/mol. The Balaban J connectivity index is 2.89. The van der Waals surface area contributed by atoms with Crippen LogP contribution in [0.1, 0.15) is 46.1 Å². The predicted octanol–water partition coefficient (Wildman–Crippen LogP) is 4.40. The van der Waals surface area contributed by atoms with Crippen molar-refractivity contribution in [2.75, 3.05) is 6.61 Å². The molecular formula is C15H19F3O2. The normalized spacial score (nSPS) is 14.7. The molecule has 0 heterocycles. The molecule has 0 fully saturated rings. The van der Waals surface area contributed by atoms with Crippen molar-refractivity contribution in [1.82, 2.24) is 0 Å². The van der Waals surface area contributed by atoms with E-state index in [1.165, 1.54) is 12.1 Å². The minimum Gasteiger partial charge on any atom is -0.465 e. The molecule has 0 aliphatic carbocycles. The molecule has 1 aromatic carbocycles. The zero-order valence-corrected chi connectivity index (χ0v) is 12.0. The average Bonchev–Trinajstić information content (AvgIpc) is 2.33. The van der Waals surface area contributed by atoms with E-state index in [1.807, 2.05) is 0 Å². The summed E-state index contributed by atoms with van der Waals surface area (Å²) >= 11 is 0. The lowest BCUT2D eigenvalue weighted by Gasteiger charge is -2.19. The first kappa shape index (κ1) is 14.9. The smallest absolute Gasteiger partial charge is 0.416 e. The Morgan fingerprint density at radius 1 is 1.35 bits per heavy atom. The molecule has 0 aliphatic heterocycles. The lowest BCUT2D eigenvalue weighted by Crippen LogP contribution is -2.24. The Bertz CT molecular complexity index is 519. The zero-order valence-electron chi connectivity index (χ0n) is 13.0. The minimum atomic E-state index is -4.56. The number of rotatable bonds is 3. The number of halogens is 3. The van der Waals surface area contributed by atoms with Crippen LogP contribution < -0.4 is 0 Å². The second kappa shape index (κ2) is 5.85. The summed E-state index contributed by atoms with van der Waals surface area (Å²) in [5, 5.41) is 0. The minimum absolute atomic E-state index is 0.0523. The van der Waals surface area contributed by atoms with E-state index in [1.54, 1.807) is 27.7 Å². The molecule has 1 unspecified atom stereocenters. The number of hydrogen-bond donors (Lipinski definition) is 0. The summed E-state index contributed by atoms with van der Waals surface area (Å²) in [5.41, 5.74) is -1.43. The molecule has 20 heavy (non-hydrogen) atoms. The van der Waals surface area contributed by atoms with Crippen molar-refractivity contribution in [2.45, 2.75) is 39.8 Å². The van der Waals surface area contributed by atoms with E-state index < -0.39 is 35.1 Å². The number of esters is 1. The van der Waals surface area contributed by atoms with Crippen LogP contribution in [0.2, 0.25) is 0 Å². The van der Waals surface area contributed by atoms with Gasteiger partial charge in [-0.15, -0.1) is 0 Å². The molecule has 5 heteroatoms. The van der Waals surface area contributed by atoms with Gasteiger partial charge >= 0.3 is 12.1 Å². The van der Waals surface area contributed by atoms with Gasteiger partial charge < -0.3 is 4.74 Å². The third-order valence-electron chi connectivity index (χ3n) is 2.73. The molecule has 0 aromatic heterocycles. The highest BCUT2D eigenvalue weighted by Gasteiger charge is 2.31. The fourth-order valence-corrected chi connectivity index (χ4v) is 1.45. The number of alkyl halides is 3. The van der Waals surface area contributed by atoms with E-state index in [0.717, 1.165) is 6.07 Å². The highest BCUT2D eigenvalue weighted by Crippen LogP contribution is 2.31. The number of hydrogen-bond acceptors (Lipinski definition) is 2. The molecule has 0 bridgehead atoms. The first-order valence-electron chi connectivity index (χ1n) is 6.78. The van der Waals surface area contributed by atoms with Crippen LogP contribution in [0, 0.1) is 5.41 Å². The molecule has 1 rings (SSSR count). The average molecular weight is 289 g/mol. The van der Waals surface area contributed by atoms with Crippen LogP contribution in [0.15, 0.2) is 24.2 Å². The van der Waals surface area contributed by atoms with Crippen LogP contribution in [-0.4, -0.2) is 12.6 Å². The molecule has 0 saturated carbocycles. The quantitative estimate of drug-likeness (QED) is 0.771. The summed E-state index contributed by atoms with van der Waals surface area (Å²) in [5.74, 6) is -0.904. The van der Waals surface area contributed by atoms with Gasteiger partial charge in [0, 0.05) is 5.92 Å². The van der Waals surface area contributed by atoms with Gasteiger partial charge in [0.1, 0.15) is 0 Å². The molecule has 0 N–H and O–H groups in total. The highest BCUT2D eigenvalue weighted by molar-refractivity contribution is 5.75. The lowest BCUT2D eigenvalue weighted by molar-refractivity contribution is -0.153. The van der Waals surface area contributed by atoms with Gasteiger partial charge in [0.15, 0.2) is 0 Å². The van der Waals surface area contributed by atoms with Crippen molar-refractivity contribution in [3.63, 3.8) is 0 Å². The van der Waals surface area contributed by atoms with Crippen LogP contribution in [0.4, 0.5) is 13.2 Å². The Morgan fingerprint density at radius 2 is 1.95 bits per heavy atom. The summed E-state index contributed by atoms with van der Waals surface area (Å²) in [7, 11) is 0. The topological polar surface area (TPSA) is 26.3 Å². The van der Waals surface area contributed by atoms with Gasteiger partial charge in [0.25, 0.3) is 0 Å². The van der Waals surface area contributed by atoms with Crippen molar-refractivity contribution in [2.24, 2.45) is 5.41 Å². The summed E-state index contributed by atoms with van der Waals surface area (Å²) < 4.78 is 51.1.